The molecular weight excluding hydrogens is 338 g/mol. The van der Waals surface area contributed by atoms with Gasteiger partial charge in [-0.25, -0.2) is 0 Å². The van der Waals surface area contributed by atoms with E-state index < -0.39 is 0 Å². The molecule has 1 aliphatic carbocycles. The minimum Gasteiger partial charge on any atom is -0.379 e. The Kier molecular flexibility index (Phi) is 5.98. The average molecular weight is 364 g/mol. The maximum Gasteiger partial charge on any atom is 0.0786 e. The first-order valence-electron chi connectivity index (χ1n) is 8.71. The number of nitrogens with zero attached hydrogens (tertiary/aromatic N) is 1. The van der Waals surface area contributed by atoms with Crippen molar-refractivity contribution in [3.63, 3.8) is 0 Å². The van der Waals surface area contributed by atoms with Gasteiger partial charge in [-0.15, -0.1) is 23.7 Å². The fourth-order valence-corrected chi connectivity index (χ4v) is 5.24. The van der Waals surface area contributed by atoms with Crippen molar-refractivity contribution in [1.82, 2.24) is 4.90 Å². The predicted octanol–water partition coefficient (Wildman–Crippen LogP) is 4.70. The number of benzene rings is 1. The predicted molar refractivity (Wildman–Crippen MR) is 104 cm³/mol. The highest BCUT2D eigenvalue weighted by Crippen LogP contribution is 2.36. The van der Waals surface area contributed by atoms with Crippen molar-refractivity contribution in [2.45, 2.75) is 37.2 Å². The molecule has 1 fully saturated rings. The molecule has 1 aromatic carbocycles. The van der Waals surface area contributed by atoms with Gasteiger partial charge in [-0.1, -0.05) is 30.3 Å². The second-order valence-electron chi connectivity index (χ2n) is 6.90. The van der Waals surface area contributed by atoms with Crippen molar-refractivity contribution in [3.8, 4) is 0 Å². The maximum absolute atomic E-state index is 5.80. The van der Waals surface area contributed by atoms with Crippen LogP contribution in [0.2, 0.25) is 0 Å². The van der Waals surface area contributed by atoms with Crippen molar-refractivity contribution in [2.75, 3.05) is 26.7 Å². The number of thiophene rings is 1. The third kappa shape index (κ3) is 3.55. The van der Waals surface area contributed by atoms with Gasteiger partial charge in [-0.05, 0) is 47.8 Å². The van der Waals surface area contributed by atoms with Crippen LogP contribution in [0.5, 0.6) is 0 Å². The molecule has 0 spiro atoms. The molecule has 3 atom stereocenters. The lowest BCUT2D eigenvalue weighted by molar-refractivity contribution is 0.0970. The van der Waals surface area contributed by atoms with Gasteiger partial charge in [0.25, 0.3) is 0 Å². The Balaban J connectivity index is 0.00000169. The fourth-order valence-electron chi connectivity index (χ4n) is 4.37. The minimum absolute atomic E-state index is 0. The fraction of sp³-hybridized carbons (Fsp3) is 0.500. The number of methoxy groups -OCH3 is 1. The molecule has 4 rings (SSSR count). The molecule has 3 unspecified atom stereocenters. The molecule has 2 nitrogen and oxygen atoms in total. The Labute approximate surface area is 155 Å². The van der Waals surface area contributed by atoms with E-state index in [-0.39, 0.29) is 12.4 Å². The molecule has 0 amide bonds. The first-order chi connectivity index (χ1) is 11.3. The van der Waals surface area contributed by atoms with Crippen LogP contribution >= 0.6 is 23.7 Å². The van der Waals surface area contributed by atoms with E-state index in [4.69, 9.17) is 4.74 Å². The summed E-state index contributed by atoms with van der Waals surface area (Å²) in [6, 6.07) is 13.5. The van der Waals surface area contributed by atoms with E-state index in [1.165, 1.54) is 30.7 Å². The summed E-state index contributed by atoms with van der Waals surface area (Å²) in [5.74, 6) is 1.23. The summed E-state index contributed by atoms with van der Waals surface area (Å²) in [7, 11) is 1.87. The van der Waals surface area contributed by atoms with Crippen molar-refractivity contribution in [2.24, 2.45) is 0 Å². The zero-order valence-corrected chi connectivity index (χ0v) is 15.8. The van der Waals surface area contributed by atoms with E-state index in [9.17, 15) is 0 Å². The van der Waals surface area contributed by atoms with Crippen LogP contribution in [-0.2, 0) is 11.2 Å². The van der Waals surface area contributed by atoms with Crippen LogP contribution in [0, 0.1) is 0 Å². The number of likely N-dealkylation sites (tertiary alicyclic amines) is 1. The summed E-state index contributed by atoms with van der Waals surface area (Å²) < 4.78 is 5.80. The molecule has 1 saturated heterocycles. The van der Waals surface area contributed by atoms with Crippen LogP contribution in [0.3, 0.4) is 0 Å². The van der Waals surface area contributed by atoms with Gasteiger partial charge in [0.05, 0.1) is 6.10 Å². The lowest BCUT2D eigenvalue weighted by Gasteiger charge is -2.29. The molecule has 0 bridgehead atoms. The summed E-state index contributed by atoms with van der Waals surface area (Å²) in [4.78, 5) is 4.11. The Morgan fingerprint density at radius 1 is 1.17 bits per heavy atom. The number of hydrogen-bond donors (Lipinski definition) is 0. The number of rotatable bonds is 4. The minimum atomic E-state index is 0. The Morgan fingerprint density at radius 2 is 2.04 bits per heavy atom. The molecule has 24 heavy (non-hydrogen) atoms. The molecule has 2 aliphatic rings. The second-order valence-corrected chi connectivity index (χ2v) is 7.88. The highest BCUT2D eigenvalue weighted by atomic mass is 35.5. The highest BCUT2D eigenvalue weighted by Gasteiger charge is 2.36. The Bertz CT molecular complexity index is 645. The SMILES string of the molecule is COC1CN(CC2CCCc3ccccc32)CC1c1cccs1.Cl. The van der Waals surface area contributed by atoms with Crippen LogP contribution in [0.15, 0.2) is 41.8 Å². The average Bonchev–Trinajstić information content (AvgIpc) is 3.24. The lowest BCUT2D eigenvalue weighted by Crippen LogP contribution is -2.29. The summed E-state index contributed by atoms with van der Waals surface area (Å²) in [5.41, 5.74) is 3.16. The van der Waals surface area contributed by atoms with E-state index in [1.807, 2.05) is 18.4 Å². The molecule has 1 aromatic heterocycles. The number of halogens is 1. The van der Waals surface area contributed by atoms with Crippen molar-refractivity contribution < 1.29 is 4.74 Å². The zero-order valence-electron chi connectivity index (χ0n) is 14.2. The summed E-state index contributed by atoms with van der Waals surface area (Å²) in [6.07, 6.45) is 4.25. The van der Waals surface area contributed by atoms with Gasteiger partial charge in [-0.2, -0.15) is 0 Å². The van der Waals surface area contributed by atoms with Crippen LogP contribution in [0.4, 0.5) is 0 Å². The van der Waals surface area contributed by atoms with E-state index in [0.29, 0.717) is 17.9 Å². The van der Waals surface area contributed by atoms with Gasteiger partial charge in [0, 0.05) is 37.5 Å². The van der Waals surface area contributed by atoms with Crippen molar-refractivity contribution in [3.05, 3.63) is 57.8 Å². The quantitative estimate of drug-likeness (QED) is 0.780. The molecule has 2 aromatic rings. The zero-order chi connectivity index (χ0) is 15.6. The van der Waals surface area contributed by atoms with Gasteiger partial charge < -0.3 is 4.74 Å². The number of fused-ring (bicyclic) bond motifs is 1. The van der Waals surface area contributed by atoms with E-state index in [1.54, 1.807) is 11.1 Å². The summed E-state index contributed by atoms with van der Waals surface area (Å²) in [5, 5.41) is 2.18. The molecule has 0 saturated carbocycles. The third-order valence-corrected chi connectivity index (χ3v) is 6.53. The highest BCUT2D eigenvalue weighted by molar-refractivity contribution is 7.10. The standard InChI is InChI=1S/C20H25NOS.ClH/c1-22-19-14-21(13-18(19)20-10-5-11-23-20)12-16-8-4-7-15-6-2-3-9-17(15)16;/h2-3,5-6,9-11,16,18-19H,4,7-8,12-14H2,1H3;1H. The van der Waals surface area contributed by atoms with Gasteiger partial charge in [0.2, 0.25) is 0 Å². The molecule has 2 heterocycles. The van der Waals surface area contributed by atoms with Crippen LogP contribution < -0.4 is 0 Å². The van der Waals surface area contributed by atoms with E-state index in [2.05, 4.69) is 46.7 Å². The molecular formula is C20H26ClNOS. The van der Waals surface area contributed by atoms with Gasteiger partial charge in [0.1, 0.15) is 0 Å². The molecule has 4 heteroatoms. The smallest absolute Gasteiger partial charge is 0.0786 e. The number of hydrogen-bond acceptors (Lipinski definition) is 3. The maximum atomic E-state index is 5.80. The molecule has 0 N–H and O–H groups in total. The Morgan fingerprint density at radius 3 is 2.83 bits per heavy atom. The summed E-state index contributed by atoms with van der Waals surface area (Å²) in [6.45, 7) is 3.38. The number of ether oxygens (including phenoxy) is 1. The van der Waals surface area contributed by atoms with Gasteiger partial charge in [0.15, 0.2) is 0 Å². The molecule has 130 valence electrons. The van der Waals surface area contributed by atoms with E-state index >= 15 is 0 Å². The van der Waals surface area contributed by atoms with Gasteiger partial charge in [-0.3, -0.25) is 4.90 Å². The summed E-state index contributed by atoms with van der Waals surface area (Å²) >= 11 is 1.87. The normalized spacial score (nSPS) is 26.8. The van der Waals surface area contributed by atoms with Crippen LogP contribution in [0.1, 0.15) is 40.7 Å². The first kappa shape index (κ1) is 17.9. The van der Waals surface area contributed by atoms with Gasteiger partial charge >= 0.3 is 0 Å². The largest absolute Gasteiger partial charge is 0.379 e. The monoisotopic (exact) mass is 363 g/mol. The van der Waals surface area contributed by atoms with E-state index in [0.717, 1.165) is 13.1 Å². The first-order valence-corrected chi connectivity index (χ1v) is 9.59. The van der Waals surface area contributed by atoms with Crippen LogP contribution in [-0.4, -0.2) is 37.7 Å². The third-order valence-electron chi connectivity index (χ3n) is 5.53. The molecule has 0 radical (unpaired) electrons. The van der Waals surface area contributed by atoms with Crippen molar-refractivity contribution in [1.29, 1.82) is 0 Å². The topological polar surface area (TPSA) is 12.5 Å². The second kappa shape index (κ2) is 8.01. The lowest BCUT2D eigenvalue weighted by atomic mass is 9.82. The Hall–Kier alpha value is -0.870. The van der Waals surface area contributed by atoms with Crippen LogP contribution in [0.25, 0.3) is 0 Å². The number of aryl methyl sites for hydroxylation is 1. The molecule has 1 aliphatic heterocycles. The van der Waals surface area contributed by atoms with Crippen molar-refractivity contribution >= 4 is 23.7 Å².